The number of pyridine rings is 1. The Bertz CT molecular complexity index is 449. The Morgan fingerprint density at radius 1 is 1.00 bits per heavy atom. The van der Waals surface area contributed by atoms with Gasteiger partial charge in [-0.05, 0) is 34.6 Å². The van der Waals surface area contributed by atoms with Gasteiger partial charge in [-0.3, -0.25) is 0 Å². The van der Waals surface area contributed by atoms with E-state index in [1.165, 1.54) is 0 Å². The van der Waals surface area contributed by atoms with Gasteiger partial charge >= 0.3 is 0 Å². The molecule has 0 fully saturated rings. The first-order valence-electron chi connectivity index (χ1n) is 5.84. The lowest BCUT2D eigenvalue weighted by atomic mass is 10.2. The fraction of sp³-hybridized carbons (Fsp3) is 0.214. The van der Waals surface area contributed by atoms with E-state index in [0.29, 0.717) is 0 Å². The molecule has 0 unspecified atom stereocenters. The second kappa shape index (κ2) is 9.03. The van der Waals surface area contributed by atoms with E-state index in [0.717, 1.165) is 15.5 Å². The second-order valence-corrected chi connectivity index (χ2v) is 5.29. The van der Waals surface area contributed by atoms with Gasteiger partial charge in [-0.25, -0.2) is 4.98 Å². The molecule has 0 radical (unpaired) electrons. The number of nitrogens with zero attached hydrogens (tertiary/aromatic N) is 1. The Morgan fingerprint density at radius 2 is 1.72 bits per heavy atom. The summed E-state index contributed by atoms with van der Waals surface area (Å²) < 4.78 is 0. The number of rotatable bonds is 4. The molecular formula is C14H17NOS2. The molecule has 2 aromatic rings. The molecule has 1 heterocycles. The molecule has 18 heavy (non-hydrogen) atoms. The molecule has 2 rings (SSSR count). The van der Waals surface area contributed by atoms with E-state index in [9.17, 15) is 5.11 Å². The molecule has 4 heteroatoms. The highest BCUT2D eigenvalue weighted by Crippen LogP contribution is 2.37. The van der Waals surface area contributed by atoms with E-state index in [2.05, 4.69) is 4.98 Å². The second-order valence-electron chi connectivity index (χ2n) is 3.10. The fourth-order valence-corrected chi connectivity index (χ4v) is 3.30. The van der Waals surface area contributed by atoms with Crippen molar-refractivity contribution in [1.29, 1.82) is 0 Å². The molecule has 0 saturated carbocycles. The summed E-state index contributed by atoms with van der Waals surface area (Å²) in [6.07, 6.45) is 1.78. The SMILES string of the molecule is CC.OCc1ccccc1SSc1ccccn1. The Morgan fingerprint density at radius 3 is 2.39 bits per heavy atom. The number of aromatic nitrogens is 1. The predicted molar refractivity (Wildman–Crippen MR) is 79.7 cm³/mol. The highest BCUT2D eigenvalue weighted by atomic mass is 33.1. The first kappa shape index (κ1) is 15.1. The van der Waals surface area contributed by atoms with Gasteiger partial charge in [-0.15, -0.1) is 0 Å². The normalized spacial score (nSPS) is 9.50. The highest BCUT2D eigenvalue weighted by molar-refractivity contribution is 8.76. The minimum Gasteiger partial charge on any atom is -0.392 e. The summed E-state index contributed by atoms with van der Waals surface area (Å²) in [5.41, 5.74) is 0.955. The molecule has 0 bridgehead atoms. The van der Waals surface area contributed by atoms with Crippen LogP contribution in [0.5, 0.6) is 0 Å². The maximum atomic E-state index is 9.18. The third-order valence-electron chi connectivity index (χ3n) is 2.00. The van der Waals surface area contributed by atoms with Crippen LogP contribution in [0.2, 0.25) is 0 Å². The molecule has 1 aromatic heterocycles. The first-order valence-corrected chi connectivity index (χ1v) is 7.99. The molecule has 2 nitrogen and oxygen atoms in total. The highest BCUT2D eigenvalue weighted by Gasteiger charge is 2.02. The Kier molecular flexibility index (Phi) is 7.57. The summed E-state index contributed by atoms with van der Waals surface area (Å²) in [6, 6.07) is 13.7. The summed E-state index contributed by atoms with van der Waals surface area (Å²) in [5, 5.41) is 10.1. The Balaban J connectivity index is 0.000000771. The third-order valence-corrected chi connectivity index (χ3v) is 4.37. The van der Waals surface area contributed by atoms with Crippen LogP contribution in [-0.4, -0.2) is 10.1 Å². The van der Waals surface area contributed by atoms with Crippen LogP contribution in [0.1, 0.15) is 19.4 Å². The molecule has 0 spiro atoms. The third kappa shape index (κ3) is 4.72. The van der Waals surface area contributed by atoms with E-state index in [-0.39, 0.29) is 6.61 Å². The van der Waals surface area contributed by atoms with Crippen LogP contribution in [0.25, 0.3) is 0 Å². The van der Waals surface area contributed by atoms with Gasteiger partial charge in [0.25, 0.3) is 0 Å². The lowest BCUT2D eigenvalue weighted by Gasteiger charge is -2.04. The van der Waals surface area contributed by atoms with Crippen LogP contribution in [-0.2, 0) is 6.61 Å². The van der Waals surface area contributed by atoms with Crippen molar-refractivity contribution in [3.8, 4) is 0 Å². The van der Waals surface area contributed by atoms with Crippen LogP contribution in [0.15, 0.2) is 58.6 Å². The van der Waals surface area contributed by atoms with Crippen molar-refractivity contribution in [2.75, 3.05) is 0 Å². The molecular weight excluding hydrogens is 262 g/mol. The number of benzene rings is 1. The number of hydrogen-bond donors (Lipinski definition) is 1. The average Bonchev–Trinajstić information content (AvgIpc) is 2.48. The lowest BCUT2D eigenvalue weighted by molar-refractivity contribution is 0.279. The van der Waals surface area contributed by atoms with Crippen molar-refractivity contribution in [3.05, 3.63) is 54.2 Å². The quantitative estimate of drug-likeness (QED) is 0.841. The summed E-state index contributed by atoms with van der Waals surface area (Å²) in [5.74, 6) is 0. The van der Waals surface area contributed by atoms with E-state index in [1.54, 1.807) is 27.8 Å². The number of aliphatic hydroxyl groups excluding tert-OH is 1. The zero-order valence-corrected chi connectivity index (χ0v) is 12.2. The average molecular weight is 279 g/mol. The van der Waals surface area contributed by atoms with Gasteiger partial charge in [0, 0.05) is 11.1 Å². The van der Waals surface area contributed by atoms with Gasteiger partial charge in [-0.2, -0.15) is 0 Å². The van der Waals surface area contributed by atoms with Crippen molar-refractivity contribution >= 4 is 21.6 Å². The largest absolute Gasteiger partial charge is 0.392 e. The van der Waals surface area contributed by atoms with Gasteiger partial charge in [0.1, 0.15) is 5.03 Å². The summed E-state index contributed by atoms with van der Waals surface area (Å²) >= 11 is 0. The van der Waals surface area contributed by atoms with E-state index >= 15 is 0 Å². The fourth-order valence-electron chi connectivity index (χ4n) is 1.20. The molecule has 0 atom stereocenters. The van der Waals surface area contributed by atoms with Crippen LogP contribution in [0.3, 0.4) is 0 Å². The van der Waals surface area contributed by atoms with E-state index in [4.69, 9.17) is 0 Å². The molecule has 0 aliphatic carbocycles. The van der Waals surface area contributed by atoms with Crippen molar-refractivity contribution in [2.24, 2.45) is 0 Å². The van der Waals surface area contributed by atoms with Crippen molar-refractivity contribution in [1.82, 2.24) is 4.98 Å². The van der Waals surface area contributed by atoms with Gasteiger partial charge < -0.3 is 5.11 Å². The molecule has 1 aromatic carbocycles. The van der Waals surface area contributed by atoms with Crippen LogP contribution in [0, 0.1) is 0 Å². The van der Waals surface area contributed by atoms with Crippen LogP contribution >= 0.6 is 21.6 Å². The van der Waals surface area contributed by atoms with Crippen molar-refractivity contribution < 1.29 is 5.11 Å². The van der Waals surface area contributed by atoms with Gasteiger partial charge in [0.15, 0.2) is 0 Å². The lowest BCUT2D eigenvalue weighted by Crippen LogP contribution is -1.85. The standard InChI is InChI=1S/C12H11NOS2.C2H6/c14-9-10-5-1-2-6-11(10)15-16-12-7-3-4-8-13-12;1-2/h1-8,14H,9H2;1-2H3. The summed E-state index contributed by atoms with van der Waals surface area (Å²) in [4.78, 5) is 5.31. The van der Waals surface area contributed by atoms with Gasteiger partial charge in [-0.1, -0.05) is 48.9 Å². The van der Waals surface area contributed by atoms with Gasteiger partial charge in [0.05, 0.1) is 6.61 Å². The zero-order chi connectivity index (χ0) is 13.2. The van der Waals surface area contributed by atoms with Gasteiger partial charge in [0.2, 0.25) is 0 Å². The summed E-state index contributed by atoms with van der Waals surface area (Å²) in [6.45, 7) is 4.08. The Labute approximate surface area is 116 Å². The molecule has 0 amide bonds. The minimum absolute atomic E-state index is 0.0753. The van der Waals surface area contributed by atoms with E-state index in [1.807, 2.05) is 56.3 Å². The van der Waals surface area contributed by atoms with Crippen molar-refractivity contribution in [2.45, 2.75) is 30.4 Å². The van der Waals surface area contributed by atoms with Crippen LogP contribution < -0.4 is 0 Å². The maximum Gasteiger partial charge on any atom is 0.107 e. The Hall–Kier alpha value is -0.970. The number of hydrogen-bond acceptors (Lipinski definition) is 4. The monoisotopic (exact) mass is 279 g/mol. The predicted octanol–water partition coefficient (Wildman–Crippen LogP) is 4.40. The zero-order valence-electron chi connectivity index (χ0n) is 10.5. The summed E-state index contributed by atoms with van der Waals surface area (Å²) in [7, 11) is 3.22. The maximum absolute atomic E-state index is 9.18. The molecule has 96 valence electrons. The van der Waals surface area contributed by atoms with E-state index < -0.39 is 0 Å². The first-order chi connectivity index (χ1) is 8.90. The molecule has 1 N–H and O–H groups in total. The topological polar surface area (TPSA) is 33.1 Å². The van der Waals surface area contributed by atoms with Crippen LogP contribution in [0.4, 0.5) is 0 Å². The minimum atomic E-state index is 0.0753. The molecule has 0 saturated heterocycles. The van der Waals surface area contributed by atoms with Crippen molar-refractivity contribution in [3.63, 3.8) is 0 Å². The smallest absolute Gasteiger partial charge is 0.107 e. The molecule has 0 aliphatic heterocycles. The number of aliphatic hydroxyl groups is 1. The molecule has 0 aliphatic rings.